The van der Waals surface area contributed by atoms with Gasteiger partial charge in [-0.3, -0.25) is 4.79 Å². The van der Waals surface area contributed by atoms with Crippen LogP contribution in [0.25, 0.3) is 11.1 Å². The average Bonchev–Trinajstić information content (AvgIpc) is 2.65. The molecule has 27 heavy (non-hydrogen) atoms. The molecule has 0 aliphatic rings. The van der Waals surface area contributed by atoms with Gasteiger partial charge >= 0.3 is 0 Å². The Balaban J connectivity index is 1.66. The Morgan fingerprint density at radius 2 is 1.59 bits per heavy atom. The van der Waals surface area contributed by atoms with E-state index in [2.05, 4.69) is 17.4 Å². The highest BCUT2D eigenvalue weighted by Gasteiger charge is 2.17. The largest absolute Gasteiger partial charge is 0.481 e. The molecule has 1 amide bonds. The van der Waals surface area contributed by atoms with Gasteiger partial charge in [-0.15, -0.1) is 0 Å². The predicted octanol–water partition coefficient (Wildman–Crippen LogP) is 6.03. The fraction of sp³-hybridized carbons (Fsp3) is 0.174. The van der Waals surface area contributed by atoms with Crippen molar-refractivity contribution in [2.75, 3.05) is 5.32 Å². The summed E-state index contributed by atoms with van der Waals surface area (Å²) in [5.74, 6) is 0.403. The number of benzene rings is 3. The molecule has 0 heterocycles. The van der Waals surface area contributed by atoms with Crippen LogP contribution in [0, 0.1) is 13.8 Å². The third kappa shape index (κ3) is 4.69. The minimum Gasteiger partial charge on any atom is -0.481 e. The Bertz CT molecular complexity index is 913. The molecule has 1 atom stereocenters. The van der Waals surface area contributed by atoms with Crippen molar-refractivity contribution in [3.05, 3.63) is 82.9 Å². The van der Waals surface area contributed by atoms with Crippen LogP contribution < -0.4 is 10.1 Å². The second-order valence-electron chi connectivity index (χ2n) is 6.58. The smallest absolute Gasteiger partial charge is 0.265 e. The number of halogens is 1. The molecule has 3 nitrogen and oxygen atoms in total. The molecule has 0 bridgehead atoms. The van der Waals surface area contributed by atoms with E-state index in [1.54, 1.807) is 6.92 Å². The topological polar surface area (TPSA) is 38.3 Å². The van der Waals surface area contributed by atoms with E-state index in [0.29, 0.717) is 16.5 Å². The molecule has 3 aromatic rings. The zero-order chi connectivity index (χ0) is 19.4. The van der Waals surface area contributed by atoms with Gasteiger partial charge in [-0.2, -0.15) is 0 Å². The van der Waals surface area contributed by atoms with Gasteiger partial charge in [0.05, 0.1) is 10.7 Å². The number of amides is 1. The van der Waals surface area contributed by atoms with Gasteiger partial charge in [0.25, 0.3) is 5.91 Å². The van der Waals surface area contributed by atoms with Crippen molar-refractivity contribution in [3.63, 3.8) is 0 Å². The molecular weight excluding hydrogens is 358 g/mol. The third-order valence-electron chi connectivity index (χ3n) is 4.32. The number of carbonyl (C=O) groups is 1. The monoisotopic (exact) mass is 379 g/mol. The van der Waals surface area contributed by atoms with Gasteiger partial charge in [0, 0.05) is 0 Å². The normalized spacial score (nSPS) is 11.7. The van der Waals surface area contributed by atoms with Crippen LogP contribution in [-0.4, -0.2) is 12.0 Å². The maximum Gasteiger partial charge on any atom is 0.265 e. The minimum absolute atomic E-state index is 0.240. The molecule has 4 heteroatoms. The first kappa shape index (κ1) is 19.0. The minimum atomic E-state index is -0.649. The molecule has 0 saturated carbocycles. The Hall–Kier alpha value is -2.78. The molecule has 3 aromatic carbocycles. The Labute approximate surface area is 164 Å². The van der Waals surface area contributed by atoms with Crippen molar-refractivity contribution in [1.29, 1.82) is 0 Å². The lowest BCUT2D eigenvalue weighted by Gasteiger charge is -2.17. The average molecular weight is 380 g/mol. The van der Waals surface area contributed by atoms with Crippen LogP contribution in [0.1, 0.15) is 18.1 Å². The molecular formula is C23H22ClNO2. The summed E-state index contributed by atoms with van der Waals surface area (Å²) < 4.78 is 5.79. The van der Waals surface area contributed by atoms with E-state index in [1.807, 2.05) is 68.4 Å². The first-order valence-electron chi connectivity index (χ1n) is 8.84. The Kier molecular flexibility index (Phi) is 5.82. The fourth-order valence-electron chi connectivity index (χ4n) is 2.91. The van der Waals surface area contributed by atoms with Crippen molar-refractivity contribution in [1.82, 2.24) is 0 Å². The highest BCUT2D eigenvalue weighted by atomic mass is 35.5. The first-order chi connectivity index (χ1) is 12.9. The number of carbonyl (C=O) groups excluding carboxylic acids is 1. The van der Waals surface area contributed by atoms with Gasteiger partial charge in [-0.1, -0.05) is 60.1 Å². The van der Waals surface area contributed by atoms with Crippen LogP contribution in [-0.2, 0) is 4.79 Å². The van der Waals surface area contributed by atoms with Gasteiger partial charge in [0.15, 0.2) is 6.10 Å². The van der Waals surface area contributed by atoms with E-state index < -0.39 is 6.10 Å². The van der Waals surface area contributed by atoms with E-state index in [0.717, 1.165) is 22.3 Å². The van der Waals surface area contributed by atoms with Gasteiger partial charge in [0.2, 0.25) is 0 Å². The second kappa shape index (κ2) is 8.28. The molecule has 0 fully saturated rings. The summed E-state index contributed by atoms with van der Waals surface area (Å²) in [7, 11) is 0. The first-order valence-corrected chi connectivity index (χ1v) is 9.21. The predicted molar refractivity (Wildman–Crippen MR) is 112 cm³/mol. The number of aryl methyl sites for hydroxylation is 2. The van der Waals surface area contributed by atoms with Crippen molar-refractivity contribution >= 4 is 23.2 Å². The molecule has 0 aliphatic heterocycles. The second-order valence-corrected chi connectivity index (χ2v) is 6.99. The molecule has 0 aromatic heterocycles. The van der Waals surface area contributed by atoms with Crippen LogP contribution in [0.15, 0.2) is 66.7 Å². The highest BCUT2D eigenvalue weighted by Crippen LogP contribution is 2.28. The number of hydrogen-bond acceptors (Lipinski definition) is 2. The standard InChI is InChI=1S/C23H22ClNO2/c1-15-13-16(2)22(21(24)14-15)25-23(26)17(3)27-20-11-9-19(10-12-20)18-7-5-4-6-8-18/h4-14,17H,1-3H3,(H,25,26)/t17-/m1/s1. The van der Waals surface area contributed by atoms with Crippen molar-refractivity contribution in [2.45, 2.75) is 26.9 Å². The zero-order valence-electron chi connectivity index (χ0n) is 15.6. The van der Waals surface area contributed by atoms with Crippen LogP contribution in [0.4, 0.5) is 5.69 Å². The summed E-state index contributed by atoms with van der Waals surface area (Å²) in [4.78, 5) is 12.5. The molecule has 0 spiro atoms. The molecule has 0 radical (unpaired) electrons. The lowest BCUT2D eigenvalue weighted by Crippen LogP contribution is -2.30. The van der Waals surface area contributed by atoms with Crippen LogP contribution >= 0.6 is 11.6 Å². The summed E-state index contributed by atoms with van der Waals surface area (Å²) in [5.41, 5.74) is 4.84. The van der Waals surface area contributed by atoms with Crippen LogP contribution in [0.2, 0.25) is 5.02 Å². The third-order valence-corrected chi connectivity index (χ3v) is 4.62. The number of ether oxygens (including phenoxy) is 1. The number of nitrogens with one attached hydrogen (secondary N) is 1. The SMILES string of the molecule is Cc1cc(C)c(NC(=O)[C@@H](C)Oc2ccc(-c3ccccc3)cc2)c(Cl)c1. The summed E-state index contributed by atoms with van der Waals surface area (Å²) in [5, 5.41) is 3.40. The highest BCUT2D eigenvalue weighted by molar-refractivity contribution is 6.34. The molecule has 1 N–H and O–H groups in total. The number of anilines is 1. The van der Waals surface area contributed by atoms with Crippen LogP contribution in [0.3, 0.4) is 0 Å². The van der Waals surface area contributed by atoms with Crippen molar-refractivity contribution in [2.24, 2.45) is 0 Å². The number of hydrogen-bond donors (Lipinski definition) is 1. The van der Waals surface area contributed by atoms with Gasteiger partial charge in [0.1, 0.15) is 5.75 Å². The Morgan fingerprint density at radius 1 is 0.963 bits per heavy atom. The van der Waals surface area contributed by atoms with Crippen LogP contribution in [0.5, 0.6) is 5.75 Å². The lowest BCUT2D eigenvalue weighted by atomic mass is 10.1. The molecule has 0 unspecified atom stereocenters. The quantitative estimate of drug-likeness (QED) is 0.587. The Morgan fingerprint density at radius 3 is 2.22 bits per heavy atom. The van der Waals surface area contributed by atoms with Gasteiger partial charge in [-0.25, -0.2) is 0 Å². The maximum absolute atomic E-state index is 12.5. The summed E-state index contributed by atoms with van der Waals surface area (Å²) in [6.07, 6.45) is -0.649. The lowest BCUT2D eigenvalue weighted by molar-refractivity contribution is -0.122. The van der Waals surface area contributed by atoms with E-state index in [9.17, 15) is 4.79 Å². The summed E-state index contributed by atoms with van der Waals surface area (Å²) in [6.45, 7) is 5.61. The molecule has 3 rings (SSSR count). The summed E-state index contributed by atoms with van der Waals surface area (Å²) in [6, 6.07) is 21.6. The van der Waals surface area contributed by atoms with E-state index in [1.165, 1.54) is 0 Å². The van der Waals surface area contributed by atoms with Crippen molar-refractivity contribution < 1.29 is 9.53 Å². The molecule has 0 aliphatic carbocycles. The van der Waals surface area contributed by atoms with E-state index in [-0.39, 0.29) is 5.91 Å². The number of rotatable bonds is 5. The summed E-state index contributed by atoms with van der Waals surface area (Å²) >= 11 is 6.26. The van der Waals surface area contributed by atoms with Gasteiger partial charge in [-0.05, 0) is 61.2 Å². The molecule has 0 saturated heterocycles. The van der Waals surface area contributed by atoms with E-state index >= 15 is 0 Å². The van der Waals surface area contributed by atoms with Gasteiger partial charge < -0.3 is 10.1 Å². The maximum atomic E-state index is 12.5. The fourth-order valence-corrected chi connectivity index (χ4v) is 3.28. The molecule has 138 valence electrons. The van der Waals surface area contributed by atoms with Crippen molar-refractivity contribution in [3.8, 4) is 16.9 Å². The van der Waals surface area contributed by atoms with E-state index in [4.69, 9.17) is 16.3 Å². The zero-order valence-corrected chi connectivity index (χ0v) is 16.4.